The number of carbonyl (C=O) groups excluding carboxylic acids is 1. The van der Waals surface area contributed by atoms with Crippen LogP contribution in [-0.4, -0.2) is 56.4 Å². The van der Waals surface area contributed by atoms with E-state index in [0.29, 0.717) is 5.78 Å². The summed E-state index contributed by atoms with van der Waals surface area (Å²) in [7, 11) is 6.11. The van der Waals surface area contributed by atoms with Crippen LogP contribution in [-0.2, 0) is 4.79 Å². The van der Waals surface area contributed by atoms with Crippen molar-refractivity contribution in [3.63, 3.8) is 0 Å². The Hall–Kier alpha value is -0.410. The zero-order chi connectivity index (χ0) is 9.14. The summed E-state index contributed by atoms with van der Waals surface area (Å²) in [6, 6.07) is 0. The Morgan fingerprint density at radius 2 is 2.25 bits per heavy atom. The van der Waals surface area contributed by atoms with E-state index >= 15 is 0 Å². The average Bonchev–Trinajstić information content (AvgIpc) is 1.96. The first kappa shape index (κ1) is 9.68. The average molecular weight is 170 g/mol. The van der Waals surface area contributed by atoms with Gasteiger partial charge in [-0.05, 0) is 21.1 Å². The molecule has 0 amide bonds. The lowest BCUT2D eigenvalue weighted by Gasteiger charge is -2.30. The largest absolute Gasteiger partial charge is 0.309 e. The van der Waals surface area contributed by atoms with Gasteiger partial charge >= 0.3 is 0 Å². The number of hydrogen-bond donors (Lipinski definition) is 0. The highest BCUT2D eigenvalue weighted by molar-refractivity contribution is 5.82. The van der Waals surface area contributed by atoms with Crippen LogP contribution in [0.25, 0.3) is 0 Å². The maximum Gasteiger partial charge on any atom is 0.139 e. The van der Waals surface area contributed by atoms with E-state index in [-0.39, 0.29) is 5.92 Å². The maximum atomic E-state index is 11.4. The predicted molar refractivity (Wildman–Crippen MR) is 49.2 cm³/mol. The Morgan fingerprint density at radius 3 is 2.83 bits per heavy atom. The summed E-state index contributed by atoms with van der Waals surface area (Å²) in [6.07, 6.45) is 0.731. The van der Waals surface area contributed by atoms with Crippen LogP contribution < -0.4 is 0 Å². The first-order chi connectivity index (χ1) is 5.59. The van der Waals surface area contributed by atoms with Gasteiger partial charge in [-0.2, -0.15) is 0 Å². The van der Waals surface area contributed by atoms with E-state index in [2.05, 4.69) is 16.8 Å². The van der Waals surface area contributed by atoms with E-state index in [0.717, 1.165) is 26.1 Å². The van der Waals surface area contributed by atoms with Gasteiger partial charge in [-0.1, -0.05) is 0 Å². The smallest absolute Gasteiger partial charge is 0.139 e. The van der Waals surface area contributed by atoms with E-state index in [1.165, 1.54) is 0 Å². The summed E-state index contributed by atoms with van der Waals surface area (Å²) in [5.74, 6) is 0.667. The minimum atomic E-state index is 0.235. The van der Waals surface area contributed by atoms with Crippen LogP contribution in [0.15, 0.2) is 0 Å². The van der Waals surface area contributed by atoms with Crippen LogP contribution in [0.2, 0.25) is 0 Å². The molecule has 1 saturated heterocycles. The third kappa shape index (κ3) is 2.57. The zero-order valence-corrected chi connectivity index (χ0v) is 8.21. The molecule has 12 heavy (non-hydrogen) atoms. The maximum absolute atomic E-state index is 11.4. The zero-order valence-electron chi connectivity index (χ0n) is 8.21. The van der Waals surface area contributed by atoms with Gasteiger partial charge in [0.15, 0.2) is 0 Å². The van der Waals surface area contributed by atoms with E-state index in [1.54, 1.807) is 0 Å². The van der Waals surface area contributed by atoms with Crippen molar-refractivity contribution in [3.8, 4) is 0 Å². The molecule has 0 spiro atoms. The van der Waals surface area contributed by atoms with E-state index in [4.69, 9.17) is 0 Å². The second kappa shape index (κ2) is 4.01. The molecule has 0 N–H and O–H groups in total. The highest BCUT2D eigenvalue weighted by Crippen LogP contribution is 2.11. The molecule has 0 aromatic carbocycles. The SMILES string of the molecule is CN(C)CC1CN(C)CCC1=O. The van der Waals surface area contributed by atoms with Gasteiger partial charge in [0.2, 0.25) is 0 Å². The number of Topliss-reactive ketones (excluding diaryl/α,β-unsaturated/α-hetero) is 1. The Kier molecular flexibility index (Phi) is 3.23. The van der Waals surface area contributed by atoms with Gasteiger partial charge in [0.1, 0.15) is 5.78 Å². The van der Waals surface area contributed by atoms with Crippen LogP contribution in [0.5, 0.6) is 0 Å². The molecule has 0 saturated carbocycles. The molecule has 1 rings (SSSR count). The molecule has 70 valence electrons. The number of hydrogen-bond acceptors (Lipinski definition) is 3. The van der Waals surface area contributed by atoms with E-state index in [1.807, 2.05) is 14.1 Å². The lowest BCUT2D eigenvalue weighted by Crippen LogP contribution is -2.42. The normalized spacial score (nSPS) is 26.7. The Balaban J connectivity index is 2.43. The van der Waals surface area contributed by atoms with Gasteiger partial charge in [0.05, 0.1) is 0 Å². The van der Waals surface area contributed by atoms with Gasteiger partial charge in [0.25, 0.3) is 0 Å². The molecule has 3 heteroatoms. The summed E-state index contributed by atoms with van der Waals surface area (Å²) < 4.78 is 0. The van der Waals surface area contributed by atoms with Crippen molar-refractivity contribution in [1.82, 2.24) is 9.80 Å². The second-order valence-corrected chi connectivity index (χ2v) is 3.94. The number of piperidine rings is 1. The van der Waals surface area contributed by atoms with Gasteiger partial charge in [0, 0.05) is 32.0 Å². The molecule has 0 bridgehead atoms. The summed E-state index contributed by atoms with van der Waals surface area (Å²) in [4.78, 5) is 15.7. The predicted octanol–water partition coefficient (Wildman–Crippen LogP) is 0.0688. The highest BCUT2D eigenvalue weighted by atomic mass is 16.1. The van der Waals surface area contributed by atoms with Crippen molar-refractivity contribution in [2.24, 2.45) is 5.92 Å². The minimum absolute atomic E-state index is 0.235. The third-order valence-corrected chi connectivity index (χ3v) is 2.31. The van der Waals surface area contributed by atoms with Gasteiger partial charge in [-0.3, -0.25) is 4.79 Å². The molecular weight excluding hydrogens is 152 g/mol. The van der Waals surface area contributed by atoms with E-state index in [9.17, 15) is 4.79 Å². The fourth-order valence-corrected chi connectivity index (χ4v) is 1.67. The van der Waals surface area contributed by atoms with Crippen LogP contribution in [0.4, 0.5) is 0 Å². The number of rotatable bonds is 2. The van der Waals surface area contributed by atoms with Crippen LogP contribution in [0.3, 0.4) is 0 Å². The molecule has 1 atom stereocenters. The molecule has 0 aliphatic carbocycles. The van der Waals surface area contributed by atoms with Crippen molar-refractivity contribution in [3.05, 3.63) is 0 Å². The Morgan fingerprint density at radius 1 is 1.58 bits per heavy atom. The monoisotopic (exact) mass is 170 g/mol. The fraction of sp³-hybridized carbons (Fsp3) is 0.889. The van der Waals surface area contributed by atoms with Crippen molar-refractivity contribution >= 4 is 5.78 Å². The number of carbonyl (C=O) groups is 1. The molecule has 1 aliphatic rings. The lowest BCUT2D eigenvalue weighted by atomic mass is 9.96. The molecule has 1 unspecified atom stereocenters. The molecule has 0 radical (unpaired) electrons. The molecular formula is C9H18N2O. The lowest BCUT2D eigenvalue weighted by molar-refractivity contribution is -0.126. The third-order valence-electron chi connectivity index (χ3n) is 2.31. The molecule has 1 heterocycles. The van der Waals surface area contributed by atoms with Gasteiger partial charge in [-0.15, -0.1) is 0 Å². The van der Waals surface area contributed by atoms with Crippen LogP contribution in [0.1, 0.15) is 6.42 Å². The van der Waals surface area contributed by atoms with Crippen LogP contribution in [0, 0.1) is 5.92 Å². The van der Waals surface area contributed by atoms with Crippen molar-refractivity contribution < 1.29 is 4.79 Å². The summed E-state index contributed by atoms with van der Waals surface area (Å²) in [5, 5.41) is 0. The van der Waals surface area contributed by atoms with Gasteiger partial charge in [-0.25, -0.2) is 0 Å². The molecule has 1 fully saturated rings. The molecule has 0 aromatic rings. The molecule has 3 nitrogen and oxygen atoms in total. The van der Waals surface area contributed by atoms with Crippen molar-refractivity contribution in [2.45, 2.75) is 6.42 Å². The van der Waals surface area contributed by atoms with Gasteiger partial charge < -0.3 is 9.80 Å². The fourth-order valence-electron chi connectivity index (χ4n) is 1.67. The Labute approximate surface area is 74.3 Å². The first-order valence-corrected chi connectivity index (χ1v) is 4.45. The van der Waals surface area contributed by atoms with Crippen LogP contribution >= 0.6 is 0 Å². The van der Waals surface area contributed by atoms with Crippen molar-refractivity contribution in [2.75, 3.05) is 40.8 Å². The molecule has 0 aromatic heterocycles. The number of likely N-dealkylation sites (tertiary alicyclic amines) is 1. The standard InChI is InChI=1S/C9H18N2O/c1-10(2)6-8-7-11(3)5-4-9(8)12/h8H,4-7H2,1-3H3. The summed E-state index contributed by atoms with van der Waals surface area (Å²) in [6.45, 7) is 2.75. The van der Waals surface area contributed by atoms with Crippen molar-refractivity contribution in [1.29, 1.82) is 0 Å². The number of nitrogens with zero attached hydrogens (tertiary/aromatic N) is 2. The molecule has 1 aliphatic heterocycles. The number of ketones is 1. The summed E-state index contributed by atoms with van der Waals surface area (Å²) in [5.41, 5.74) is 0. The quantitative estimate of drug-likeness (QED) is 0.586. The van der Waals surface area contributed by atoms with E-state index < -0.39 is 0 Å². The summed E-state index contributed by atoms with van der Waals surface area (Å²) >= 11 is 0. The Bertz CT molecular complexity index is 166. The topological polar surface area (TPSA) is 23.6 Å². The second-order valence-electron chi connectivity index (χ2n) is 3.94. The first-order valence-electron chi connectivity index (χ1n) is 4.45. The highest BCUT2D eigenvalue weighted by Gasteiger charge is 2.25. The minimum Gasteiger partial charge on any atom is -0.309 e.